The topological polar surface area (TPSA) is 0 Å². The van der Waals surface area contributed by atoms with Crippen LogP contribution < -0.4 is 0 Å². The van der Waals surface area contributed by atoms with Crippen LogP contribution in [0.2, 0.25) is 0 Å². The zero-order valence-electron chi connectivity index (χ0n) is 10.6. The Kier molecular flexibility index (Phi) is 3.90. The highest BCUT2D eigenvalue weighted by molar-refractivity contribution is 7.99. The van der Waals surface area contributed by atoms with Crippen molar-refractivity contribution in [3.63, 3.8) is 0 Å². The van der Waals surface area contributed by atoms with Crippen LogP contribution in [0.4, 0.5) is 0 Å². The lowest BCUT2D eigenvalue weighted by Gasteiger charge is -2.13. The minimum atomic E-state index is 0.572. The molecule has 0 heterocycles. The standard InChI is InChI=1S/C16H18S/c1-12(2)14-9-5-7-11-16(14)17-15-10-6-4-8-13(15)3/h4-12H,1-3H3. The van der Waals surface area contributed by atoms with Gasteiger partial charge in [-0.1, -0.05) is 62.0 Å². The number of hydrogen-bond donors (Lipinski definition) is 0. The molecule has 0 unspecified atom stereocenters. The largest absolute Gasteiger partial charge is 0.0895 e. The smallest absolute Gasteiger partial charge is 0.0157 e. The van der Waals surface area contributed by atoms with Crippen molar-refractivity contribution >= 4 is 11.8 Å². The maximum Gasteiger partial charge on any atom is 0.0157 e. The van der Waals surface area contributed by atoms with Gasteiger partial charge in [-0.15, -0.1) is 0 Å². The molecule has 0 radical (unpaired) electrons. The molecule has 88 valence electrons. The molecule has 0 N–H and O–H groups in total. The Labute approximate surface area is 108 Å². The molecule has 17 heavy (non-hydrogen) atoms. The number of hydrogen-bond acceptors (Lipinski definition) is 1. The highest BCUT2D eigenvalue weighted by Crippen LogP contribution is 2.35. The normalized spacial score (nSPS) is 10.8. The van der Waals surface area contributed by atoms with E-state index in [1.165, 1.54) is 20.9 Å². The summed E-state index contributed by atoms with van der Waals surface area (Å²) >= 11 is 1.87. The lowest BCUT2D eigenvalue weighted by Crippen LogP contribution is -1.90. The van der Waals surface area contributed by atoms with Gasteiger partial charge < -0.3 is 0 Å². The summed E-state index contributed by atoms with van der Waals surface area (Å²) in [5, 5.41) is 0. The van der Waals surface area contributed by atoms with Crippen LogP contribution >= 0.6 is 11.8 Å². The summed E-state index contributed by atoms with van der Waals surface area (Å²) in [6, 6.07) is 17.2. The predicted molar refractivity (Wildman–Crippen MR) is 75.8 cm³/mol. The molecular formula is C16H18S. The predicted octanol–water partition coefficient (Wildman–Crippen LogP) is 5.27. The monoisotopic (exact) mass is 242 g/mol. The van der Waals surface area contributed by atoms with E-state index in [1.54, 1.807) is 0 Å². The van der Waals surface area contributed by atoms with Gasteiger partial charge in [-0.2, -0.15) is 0 Å². The van der Waals surface area contributed by atoms with Gasteiger partial charge in [0.1, 0.15) is 0 Å². The molecule has 0 bridgehead atoms. The fraction of sp³-hybridized carbons (Fsp3) is 0.250. The van der Waals surface area contributed by atoms with E-state index >= 15 is 0 Å². The van der Waals surface area contributed by atoms with Gasteiger partial charge >= 0.3 is 0 Å². The Balaban J connectivity index is 2.34. The van der Waals surface area contributed by atoms with Crippen molar-refractivity contribution in [3.05, 3.63) is 59.7 Å². The van der Waals surface area contributed by atoms with Crippen molar-refractivity contribution in [1.29, 1.82) is 0 Å². The first-order valence-corrected chi connectivity index (χ1v) is 6.82. The van der Waals surface area contributed by atoms with Crippen molar-refractivity contribution in [2.24, 2.45) is 0 Å². The third kappa shape index (κ3) is 2.92. The fourth-order valence-corrected chi connectivity index (χ4v) is 3.02. The molecule has 0 aliphatic carbocycles. The zero-order chi connectivity index (χ0) is 12.3. The van der Waals surface area contributed by atoms with E-state index in [0.717, 1.165) is 0 Å². The summed E-state index contributed by atoms with van der Waals surface area (Å²) in [4.78, 5) is 2.72. The van der Waals surface area contributed by atoms with Crippen molar-refractivity contribution in [3.8, 4) is 0 Å². The van der Waals surface area contributed by atoms with Crippen molar-refractivity contribution < 1.29 is 0 Å². The van der Waals surface area contributed by atoms with E-state index in [-0.39, 0.29) is 0 Å². The minimum Gasteiger partial charge on any atom is -0.0895 e. The van der Waals surface area contributed by atoms with E-state index in [9.17, 15) is 0 Å². The Morgan fingerprint density at radius 1 is 0.824 bits per heavy atom. The van der Waals surface area contributed by atoms with Crippen LogP contribution in [-0.2, 0) is 0 Å². The average Bonchev–Trinajstić information content (AvgIpc) is 2.32. The van der Waals surface area contributed by atoms with Crippen LogP contribution in [-0.4, -0.2) is 0 Å². The molecule has 2 aromatic rings. The number of benzene rings is 2. The Bertz CT molecular complexity index is 500. The first-order valence-electron chi connectivity index (χ1n) is 6.01. The molecule has 0 saturated heterocycles. The van der Waals surface area contributed by atoms with Crippen molar-refractivity contribution in [2.45, 2.75) is 36.5 Å². The molecule has 0 aromatic heterocycles. The van der Waals surface area contributed by atoms with E-state index < -0.39 is 0 Å². The summed E-state index contributed by atoms with van der Waals surface area (Å²) in [6.45, 7) is 6.66. The van der Waals surface area contributed by atoms with E-state index in [0.29, 0.717) is 5.92 Å². The van der Waals surface area contributed by atoms with Gasteiger partial charge in [0.05, 0.1) is 0 Å². The summed E-state index contributed by atoms with van der Waals surface area (Å²) in [5.41, 5.74) is 2.77. The highest BCUT2D eigenvalue weighted by atomic mass is 32.2. The third-order valence-corrected chi connectivity index (χ3v) is 4.12. The number of rotatable bonds is 3. The second kappa shape index (κ2) is 5.42. The lowest BCUT2D eigenvalue weighted by atomic mass is 10.0. The van der Waals surface area contributed by atoms with Crippen LogP contribution in [0.1, 0.15) is 30.9 Å². The van der Waals surface area contributed by atoms with Crippen LogP contribution in [0, 0.1) is 6.92 Å². The van der Waals surface area contributed by atoms with Crippen LogP contribution in [0.3, 0.4) is 0 Å². The van der Waals surface area contributed by atoms with Gasteiger partial charge in [0, 0.05) is 9.79 Å². The molecule has 1 heteroatoms. The first-order chi connectivity index (χ1) is 8.18. The maximum atomic E-state index is 2.25. The number of aryl methyl sites for hydroxylation is 1. The molecule has 0 fully saturated rings. The molecule has 0 spiro atoms. The Morgan fingerprint density at radius 3 is 2.06 bits per heavy atom. The van der Waals surface area contributed by atoms with Crippen molar-refractivity contribution in [1.82, 2.24) is 0 Å². The van der Waals surface area contributed by atoms with E-state index in [1.807, 2.05) is 11.8 Å². The molecule has 0 nitrogen and oxygen atoms in total. The zero-order valence-corrected chi connectivity index (χ0v) is 11.4. The van der Waals surface area contributed by atoms with Gasteiger partial charge in [0.15, 0.2) is 0 Å². The Morgan fingerprint density at radius 2 is 1.41 bits per heavy atom. The highest BCUT2D eigenvalue weighted by Gasteiger charge is 2.08. The summed E-state index contributed by atoms with van der Waals surface area (Å²) in [5.74, 6) is 0.572. The molecule has 0 aliphatic rings. The van der Waals surface area contributed by atoms with Crippen LogP contribution in [0.25, 0.3) is 0 Å². The second-order valence-electron chi connectivity index (χ2n) is 4.56. The Hall–Kier alpha value is -1.21. The van der Waals surface area contributed by atoms with Gasteiger partial charge in [-0.25, -0.2) is 0 Å². The average molecular weight is 242 g/mol. The second-order valence-corrected chi connectivity index (χ2v) is 5.64. The molecule has 0 saturated carbocycles. The molecule has 2 aromatic carbocycles. The first kappa shape index (κ1) is 12.3. The van der Waals surface area contributed by atoms with Gasteiger partial charge in [-0.3, -0.25) is 0 Å². The van der Waals surface area contributed by atoms with E-state index in [2.05, 4.69) is 69.3 Å². The summed E-state index contributed by atoms with van der Waals surface area (Å²) in [6.07, 6.45) is 0. The van der Waals surface area contributed by atoms with Crippen LogP contribution in [0.15, 0.2) is 58.3 Å². The van der Waals surface area contributed by atoms with Gasteiger partial charge in [0.25, 0.3) is 0 Å². The minimum absolute atomic E-state index is 0.572. The maximum absolute atomic E-state index is 2.25. The van der Waals surface area contributed by atoms with Crippen molar-refractivity contribution in [2.75, 3.05) is 0 Å². The summed E-state index contributed by atoms with van der Waals surface area (Å²) < 4.78 is 0. The van der Waals surface area contributed by atoms with Crippen LogP contribution in [0.5, 0.6) is 0 Å². The summed E-state index contributed by atoms with van der Waals surface area (Å²) in [7, 11) is 0. The third-order valence-electron chi connectivity index (χ3n) is 2.85. The molecular weight excluding hydrogens is 224 g/mol. The lowest BCUT2D eigenvalue weighted by molar-refractivity contribution is 0.842. The fourth-order valence-electron chi connectivity index (χ4n) is 1.84. The molecule has 0 aliphatic heterocycles. The van der Waals surface area contributed by atoms with Gasteiger partial charge in [-0.05, 0) is 36.1 Å². The van der Waals surface area contributed by atoms with Gasteiger partial charge in [0.2, 0.25) is 0 Å². The quantitative estimate of drug-likeness (QED) is 0.706. The molecule has 2 rings (SSSR count). The molecule has 0 atom stereocenters. The SMILES string of the molecule is Cc1ccccc1Sc1ccccc1C(C)C. The molecule has 0 amide bonds. The van der Waals surface area contributed by atoms with E-state index in [4.69, 9.17) is 0 Å².